The van der Waals surface area contributed by atoms with Gasteiger partial charge in [0, 0.05) is 24.3 Å². The highest BCUT2D eigenvalue weighted by atomic mass is 16.3. The third-order valence-corrected chi connectivity index (χ3v) is 3.18. The van der Waals surface area contributed by atoms with Gasteiger partial charge in [-0.2, -0.15) is 0 Å². The molecule has 1 aromatic rings. The van der Waals surface area contributed by atoms with Crippen molar-refractivity contribution in [1.82, 2.24) is 0 Å². The van der Waals surface area contributed by atoms with Crippen LogP contribution in [0, 0.1) is 0 Å². The van der Waals surface area contributed by atoms with Crippen molar-refractivity contribution in [3.63, 3.8) is 0 Å². The number of fused-ring (bicyclic) bond motifs is 1. The van der Waals surface area contributed by atoms with Gasteiger partial charge >= 0.3 is 0 Å². The Kier molecular flexibility index (Phi) is 3.99. The Morgan fingerprint density at radius 1 is 1.35 bits per heavy atom. The van der Waals surface area contributed by atoms with Crippen molar-refractivity contribution in [3.8, 4) is 0 Å². The lowest BCUT2D eigenvalue weighted by Crippen LogP contribution is -2.35. The molecule has 0 radical (unpaired) electrons. The van der Waals surface area contributed by atoms with E-state index in [0.717, 1.165) is 30.6 Å². The first-order valence-corrected chi connectivity index (χ1v) is 6.03. The summed E-state index contributed by atoms with van der Waals surface area (Å²) in [7, 11) is 0. The Labute approximate surface area is 101 Å². The zero-order valence-electron chi connectivity index (χ0n) is 9.79. The number of β-amino-alcohol motifs (C(OH)–C–C–N with tert-alkyl or cyclic N) is 1. The number of rotatable bonds is 3. The second kappa shape index (κ2) is 5.49. The molecule has 2 atom stereocenters. The average molecular weight is 237 g/mol. The van der Waals surface area contributed by atoms with E-state index in [2.05, 4.69) is 0 Å². The highest BCUT2D eigenvalue weighted by Gasteiger charge is 2.22. The van der Waals surface area contributed by atoms with E-state index in [0.29, 0.717) is 6.54 Å². The molecule has 0 spiro atoms. The standard InChI is InChI=1S/C13H19NO3/c15-9-10(16)8-14-7-3-6-13(17)11-4-1-2-5-12(11)14/h1-2,4-5,10,13,15-17H,3,6-9H2. The Morgan fingerprint density at radius 2 is 2.12 bits per heavy atom. The van der Waals surface area contributed by atoms with Gasteiger partial charge in [-0.1, -0.05) is 18.2 Å². The third kappa shape index (κ3) is 2.77. The minimum atomic E-state index is -0.738. The van der Waals surface area contributed by atoms with Crippen LogP contribution in [0.5, 0.6) is 0 Å². The second-order valence-corrected chi connectivity index (χ2v) is 4.50. The normalized spacial score (nSPS) is 21.8. The molecule has 2 rings (SSSR count). The lowest BCUT2D eigenvalue weighted by molar-refractivity contribution is 0.0998. The third-order valence-electron chi connectivity index (χ3n) is 3.18. The molecule has 2 unspecified atom stereocenters. The Morgan fingerprint density at radius 3 is 2.88 bits per heavy atom. The van der Waals surface area contributed by atoms with E-state index in [-0.39, 0.29) is 6.61 Å². The summed E-state index contributed by atoms with van der Waals surface area (Å²) in [5, 5.41) is 28.5. The van der Waals surface area contributed by atoms with E-state index in [9.17, 15) is 10.2 Å². The lowest BCUT2D eigenvalue weighted by Gasteiger charge is -2.27. The summed E-state index contributed by atoms with van der Waals surface area (Å²) in [4.78, 5) is 2.03. The van der Waals surface area contributed by atoms with Gasteiger partial charge in [0.05, 0.1) is 18.8 Å². The van der Waals surface area contributed by atoms with Crippen LogP contribution in [0.25, 0.3) is 0 Å². The van der Waals surface area contributed by atoms with E-state index in [1.54, 1.807) is 0 Å². The topological polar surface area (TPSA) is 63.9 Å². The van der Waals surface area contributed by atoms with Crippen LogP contribution in [0.1, 0.15) is 24.5 Å². The molecule has 0 saturated heterocycles. The van der Waals surface area contributed by atoms with Crippen LogP contribution in [0.3, 0.4) is 0 Å². The molecule has 0 aromatic heterocycles. The first kappa shape index (κ1) is 12.4. The highest BCUT2D eigenvalue weighted by molar-refractivity contribution is 5.55. The summed E-state index contributed by atoms with van der Waals surface area (Å²) in [6.07, 6.45) is 0.456. The van der Waals surface area contributed by atoms with Crippen molar-refractivity contribution in [1.29, 1.82) is 0 Å². The molecule has 0 amide bonds. The minimum Gasteiger partial charge on any atom is -0.394 e. The van der Waals surface area contributed by atoms with Crippen LogP contribution in [0.15, 0.2) is 24.3 Å². The monoisotopic (exact) mass is 237 g/mol. The van der Waals surface area contributed by atoms with Gasteiger partial charge in [-0.05, 0) is 18.9 Å². The fourth-order valence-corrected chi connectivity index (χ4v) is 2.31. The molecule has 1 heterocycles. The van der Waals surface area contributed by atoms with Crippen molar-refractivity contribution < 1.29 is 15.3 Å². The van der Waals surface area contributed by atoms with Crippen molar-refractivity contribution >= 4 is 5.69 Å². The molecule has 0 fully saturated rings. The Bertz CT molecular complexity index is 369. The van der Waals surface area contributed by atoms with Crippen molar-refractivity contribution in [3.05, 3.63) is 29.8 Å². The van der Waals surface area contributed by atoms with E-state index in [4.69, 9.17) is 5.11 Å². The van der Waals surface area contributed by atoms with Gasteiger partial charge in [0.25, 0.3) is 0 Å². The zero-order chi connectivity index (χ0) is 12.3. The molecule has 4 heteroatoms. The molecular weight excluding hydrogens is 218 g/mol. The number of hydrogen-bond acceptors (Lipinski definition) is 4. The van der Waals surface area contributed by atoms with Gasteiger partial charge in [-0.15, -0.1) is 0 Å². The smallest absolute Gasteiger partial charge is 0.0945 e. The van der Waals surface area contributed by atoms with Crippen LogP contribution in [0.4, 0.5) is 5.69 Å². The number of anilines is 1. The molecule has 0 aliphatic carbocycles. The van der Waals surface area contributed by atoms with Crippen LogP contribution < -0.4 is 4.90 Å². The van der Waals surface area contributed by atoms with Crippen LogP contribution in [0.2, 0.25) is 0 Å². The summed E-state index contributed by atoms with van der Waals surface area (Å²) < 4.78 is 0. The maximum Gasteiger partial charge on any atom is 0.0945 e. The summed E-state index contributed by atoms with van der Waals surface area (Å²) in [5.74, 6) is 0. The SMILES string of the molecule is OCC(O)CN1CCCC(O)c2ccccc21. The Hall–Kier alpha value is -1.10. The molecule has 1 aromatic carbocycles. The number of benzene rings is 1. The average Bonchev–Trinajstić information content (AvgIpc) is 2.51. The van der Waals surface area contributed by atoms with E-state index < -0.39 is 12.2 Å². The predicted molar refractivity (Wildman–Crippen MR) is 65.9 cm³/mol. The van der Waals surface area contributed by atoms with Crippen molar-refractivity contribution in [2.75, 3.05) is 24.6 Å². The highest BCUT2D eigenvalue weighted by Crippen LogP contribution is 2.32. The van der Waals surface area contributed by atoms with Crippen LogP contribution >= 0.6 is 0 Å². The maximum atomic E-state index is 10.0. The summed E-state index contributed by atoms with van der Waals surface area (Å²) in [6, 6.07) is 7.71. The number of hydrogen-bond donors (Lipinski definition) is 3. The first-order valence-electron chi connectivity index (χ1n) is 6.03. The largest absolute Gasteiger partial charge is 0.394 e. The number of nitrogens with zero attached hydrogens (tertiary/aromatic N) is 1. The van der Waals surface area contributed by atoms with Crippen LogP contribution in [-0.4, -0.2) is 41.1 Å². The molecule has 94 valence electrons. The summed E-state index contributed by atoms with van der Waals surface area (Å²) >= 11 is 0. The van der Waals surface area contributed by atoms with Crippen molar-refractivity contribution in [2.45, 2.75) is 25.0 Å². The Balaban J connectivity index is 2.25. The minimum absolute atomic E-state index is 0.235. The van der Waals surface area contributed by atoms with E-state index in [1.807, 2.05) is 29.2 Å². The van der Waals surface area contributed by atoms with Crippen molar-refractivity contribution in [2.24, 2.45) is 0 Å². The second-order valence-electron chi connectivity index (χ2n) is 4.50. The molecule has 0 saturated carbocycles. The summed E-state index contributed by atoms with van der Waals surface area (Å²) in [5.41, 5.74) is 1.88. The fraction of sp³-hybridized carbons (Fsp3) is 0.538. The zero-order valence-corrected chi connectivity index (χ0v) is 9.79. The number of aliphatic hydroxyl groups excluding tert-OH is 3. The van der Waals surface area contributed by atoms with E-state index >= 15 is 0 Å². The molecular formula is C13H19NO3. The van der Waals surface area contributed by atoms with Gasteiger partial charge in [0.15, 0.2) is 0 Å². The number of aliphatic hydroxyl groups is 3. The molecule has 1 aliphatic heterocycles. The molecule has 0 bridgehead atoms. The van der Waals surface area contributed by atoms with Gasteiger partial charge in [-0.3, -0.25) is 0 Å². The molecule has 4 nitrogen and oxygen atoms in total. The van der Waals surface area contributed by atoms with Gasteiger partial charge in [-0.25, -0.2) is 0 Å². The van der Waals surface area contributed by atoms with E-state index in [1.165, 1.54) is 0 Å². The van der Waals surface area contributed by atoms with Gasteiger partial charge in [0.1, 0.15) is 0 Å². The lowest BCUT2D eigenvalue weighted by atomic mass is 10.0. The molecule has 1 aliphatic rings. The number of para-hydroxylation sites is 1. The first-order chi connectivity index (χ1) is 8.22. The van der Waals surface area contributed by atoms with Gasteiger partial charge < -0.3 is 20.2 Å². The molecule has 17 heavy (non-hydrogen) atoms. The summed E-state index contributed by atoms with van der Waals surface area (Å²) in [6.45, 7) is 0.965. The van der Waals surface area contributed by atoms with Gasteiger partial charge in [0.2, 0.25) is 0 Å². The molecule has 3 N–H and O–H groups in total. The fourth-order valence-electron chi connectivity index (χ4n) is 2.31. The predicted octanol–water partition coefficient (Wildman–Crippen LogP) is 0.673. The quantitative estimate of drug-likeness (QED) is 0.723. The maximum absolute atomic E-state index is 10.0. The van der Waals surface area contributed by atoms with Crippen LogP contribution in [-0.2, 0) is 0 Å².